The van der Waals surface area contributed by atoms with Gasteiger partial charge in [-0.15, -0.1) is 8.78 Å². The van der Waals surface area contributed by atoms with Gasteiger partial charge in [-0.05, 0) is 36.4 Å². The fourth-order valence-electron chi connectivity index (χ4n) is 2.48. The second-order valence-corrected chi connectivity index (χ2v) is 6.52. The number of rotatable bonds is 5. The lowest BCUT2D eigenvalue weighted by molar-refractivity contribution is -0.137. The van der Waals surface area contributed by atoms with Gasteiger partial charge in [-0.25, -0.2) is 0 Å². The molecule has 3 rings (SSSR count). The minimum Gasteiger partial charge on any atom is -0.420 e. The van der Waals surface area contributed by atoms with Gasteiger partial charge in [-0.2, -0.15) is 13.2 Å². The van der Waals surface area contributed by atoms with E-state index in [0.29, 0.717) is 6.20 Å². The van der Waals surface area contributed by atoms with E-state index in [1.165, 1.54) is 18.2 Å². The summed E-state index contributed by atoms with van der Waals surface area (Å²) < 4.78 is 68.9. The minimum absolute atomic E-state index is 0.0513. The van der Waals surface area contributed by atoms with Gasteiger partial charge in [0.1, 0.15) is 5.75 Å². The SMILES string of the molecule is O=C(Nc1ccc(OC(F)(F)Cl)cc1)c1ccc(=O)n(-c2cncc(C(F)(F)F)c2)c1. The molecule has 0 bridgehead atoms. The third-order valence-electron chi connectivity index (χ3n) is 3.85. The molecule has 1 N–H and O–H groups in total. The van der Waals surface area contributed by atoms with E-state index in [1.54, 1.807) is 0 Å². The van der Waals surface area contributed by atoms with Gasteiger partial charge < -0.3 is 10.1 Å². The van der Waals surface area contributed by atoms with E-state index in [0.717, 1.165) is 41.2 Å². The number of pyridine rings is 2. The lowest BCUT2D eigenvalue weighted by atomic mass is 10.2. The van der Waals surface area contributed by atoms with Gasteiger partial charge in [0, 0.05) is 35.7 Å². The molecule has 0 spiro atoms. The Bertz CT molecular complexity index is 1160. The maximum atomic E-state index is 12.9. The number of carbonyl (C=O) groups is 1. The highest BCUT2D eigenvalue weighted by Crippen LogP contribution is 2.29. The molecule has 1 amide bonds. The van der Waals surface area contributed by atoms with Crippen LogP contribution in [0.4, 0.5) is 27.6 Å². The minimum atomic E-state index is -4.66. The van der Waals surface area contributed by atoms with Gasteiger partial charge in [0.25, 0.3) is 11.5 Å². The maximum absolute atomic E-state index is 12.9. The zero-order chi connectivity index (χ0) is 22.8. The third-order valence-corrected chi connectivity index (χ3v) is 3.93. The van der Waals surface area contributed by atoms with Gasteiger partial charge in [0.15, 0.2) is 0 Å². The molecule has 0 saturated heterocycles. The summed E-state index contributed by atoms with van der Waals surface area (Å²) in [7, 11) is 0. The van der Waals surface area contributed by atoms with Crippen LogP contribution in [0, 0.1) is 0 Å². The summed E-state index contributed by atoms with van der Waals surface area (Å²) in [6, 6.07) is 7.73. The molecule has 31 heavy (non-hydrogen) atoms. The Hall–Kier alpha value is -3.47. The molecule has 0 aliphatic heterocycles. The first-order chi connectivity index (χ1) is 14.4. The number of alkyl halides is 6. The standard InChI is InChI=1S/C19H11ClF5N3O3/c20-19(24,25)31-15-4-2-13(3-5-15)27-17(30)11-1-6-16(29)28(10-11)14-7-12(8-26-9-14)18(21,22)23/h1-10H,(H,27,30). The van der Waals surface area contributed by atoms with Crippen LogP contribution in [0.15, 0.2) is 65.8 Å². The first kappa shape index (κ1) is 22.2. The number of aromatic nitrogens is 2. The number of hydrogen-bond acceptors (Lipinski definition) is 4. The molecule has 0 fully saturated rings. The smallest absolute Gasteiger partial charge is 0.420 e. The number of amides is 1. The fraction of sp³-hybridized carbons (Fsp3) is 0.105. The predicted octanol–water partition coefficient (Wildman–Crippen LogP) is 4.67. The normalized spacial score (nSPS) is 11.8. The second kappa shape index (κ2) is 8.34. The number of nitrogens with one attached hydrogen (secondary N) is 1. The Labute approximate surface area is 175 Å². The topological polar surface area (TPSA) is 73.2 Å². The van der Waals surface area contributed by atoms with Gasteiger partial charge in [-0.1, -0.05) is 0 Å². The Kier molecular flexibility index (Phi) is 5.98. The largest absolute Gasteiger partial charge is 0.487 e. The molecule has 1 aromatic carbocycles. The zero-order valence-electron chi connectivity index (χ0n) is 15.2. The van der Waals surface area contributed by atoms with Crippen LogP contribution in [-0.4, -0.2) is 21.0 Å². The molecule has 3 aromatic rings. The number of halogens is 6. The molecule has 162 valence electrons. The van der Waals surface area contributed by atoms with Crippen LogP contribution in [0.1, 0.15) is 15.9 Å². The van der Waals surface area contributed by atoms with E-state index in [2.05, 4.69) is 26.6 Å². The van der Waals surface area contributed by atoms with Gasteiger partial charge in [-0.3, -0.25) is 19.1 Å². The zero-order valence-corrected chi connectivity index (χ0v) is 15.9. The number of ether oxygens (including phenoxy) is 1. The number of carbonyl (C=O) groups excluding carboxylic acids is 1. The molecule has 0 radical (unpaired) electrons. The van der Waals surface area contributed by atoms with Crippen molar-refractivity contribution < 1.29 is 31.5 Å². The highest BCUT2D eigenvalue weighted by Gasteiger charge is 2.31. The highest BCUT2D eigenvalue weighted by atomic mass is 35.5. The van der Waals surface area contributed by atoms with Crippen molar-refractivity contribution in [2.75, 3.05) is 5.32 Å². The summed E-state index contributed by atoms with van der Waals surface area (Å²) in [5.41, 5.74) is -5.66. The Morgan fingerprint density at radius 1 is 1.03 bits per heavy atom. The van der Waals surface area contributed by atoms with Gasteiger partial charge in [0.2, 0.25) is 0 Å². The summed E-state index contributed by atoms with van der Waals surface area (Å²) in [5.74, 6) is -0.950. The van der Waals surface area contributed by atoms with Crippen molar-refractivity contribution in [3.05, 3.63) is 82.5 Å². The first-order valence-corrected chi connectivity index (χ1v) is 8.73. The van der Waals surface area contributed by atoms with Crippen LogP contribution in [0.5, 0.6) is 5.75 Å². The lowest BCUT2D eigenvalue weighted by Gasteiger charge is -2.12. The molecule has 0 saturated carbocycles. The molecule has 0 atom stereocenters. The lowest BCUT2D eigenvalue weighted by Crippen LogP contribution is -2.21. The molecule has 2 aromatic heterocycles. The molecular formula is C19H11ClF5N3O3. The summed E-state index contributed by atoms with van der Waals surface area (Å²) in [4.78, 5) is 28.0. The van der Waals surface area contributed by atoms with E-state index in [1.807, 2.05) is 0 Å². The Morgan fingerprint density at radius 3 is 2.32 bits per heavy atom. The van der Waals surface area contributed by atoms with E-state index in [-0.39, 0.29) is 22.7 Å². The van der Waals surface area contributed by atoms with Crippen LogP contribution in [0.25, 0.3) is 5.69 Å². The van der Waals surface area contributed by atoms with Crippen LogP contribution in [-0.2, 0) is 6.18 Å². The summed E-state index contributed by atoms with van der Waals surface area (Å²) in [5, 5.41) is 2.46. The fourth-order valence-corrected chi connectivity index (χ4v) is 2.57. The van der Waals surface area contributed by atoms with Crippen molar-refractivity contribution in [3.63, 3.8) is 0 Å². The van der Waals surface area contributed by atoms with Crippen molar-refractivity contribution in [3.8, 4) is 11.4 Å². The quantitative estimate of drug-likeness (QED) is 0.444. The molecule has 12 heteroatoms. The summed E-state index contributed by atoms with van der Waals surface area (Å²) >= 11 is 4.66. The molecule has 6 nitrogen and oxygen atoms in total. The van der Waals surface area contributed by atoms with Crippen LogP contribution < -0.4 is 15.6 Å². The molecule has 2 heterocycles. The van der Waals surface area contributed by atoms with E-state index >= 15 is 0 Å². The van der Waals surface area contributed by atoms with Crippen molar-refractivity contribution in [2.45, 2.75) is 11.7 Å². The molecule has 0 aliphatic carbocycles. The number of nitrogens with zero attached hydrogens (tertiary/aromatic N) is 2. The second-order valence-electron chi connectivity index (χ2n) is 6.08. The number of benzene rings is 1. The third kappa shape index (κ3) is 5.79. The van der Waals surface area contributed by atoms with Crippen molar-refractivity contribution >= 4 is 23.2 Å². The average Bonchev–Trinajstić information content (AvgIpc) is 2.68. The molecule has 0 unspecified atom stereocenters. The predicted molar refractivity (Wildman–Crippen MR) is 101 cm³/mol. The van der Waals surface area contributed by atoms with Crippen molar-refractivity contribution in [1.29, 1.82) is 0 Å². The molecular weight excluding hydrogens is 449 g/mol. The first-order valence-electron chi connectivity index (χ1n) is 8.35. The molecule has 0 aliphatic rings. The van der Waals surface area contributed by atoms with E-state index < -0.39 is 28.8 Å². The van der Waals surface area contributed by atoms with Crippen LogP contribution in [0.2, 0.25) is 0 Å². The van der Waals surface area contributed by atoms with Gasteiger partial charge in [0.05, 0.1) is 23.0 Å². The van der Waals surface area contributed by atoms with E-state index in [9.17, 15) is 31.5 Å². The maximum Gasteiger partial charge on any atom is 0.487 e. The van der Waals surface area contributed by atoms with Crippen LogP contribution in [0.3, 0.4) is 0 Å². The van der Waals surface area contributed by atoms with Gasteiger partial charge >= 0.3 is 11.7 Å². The number of anilines is 1. The number of hydrogen-bond donors (Lipinski definition) is 1. The summed E-state index contributed by atoms with van der Waals surface area (Å²) in [6.45, 7) is 0. The monoisotopic (exact) mass is 459 g/mol. The van der Waals surface area contributed by atoms with Crippen molar-refractivity contribution in [1.82, 2.24) is 9.55 Å². The Balaban J connectivity index is 1.83. The van der Waals surface area contributed by atoms with E-state index in [4.69, 9.17) is 0 Å². The highest BCUT2D eigenvalue weighted by molar-refractivity contribution is 6.20. The van der Waals surface area contributed by atoms with Crippen LogP contribution >= 0.6 is 11.6 Å². The Morgan fingerprint density at radius 2 is 1.71 bits per heavy atom. The average molecular weight is 460 g/mol. The van der Waals surface area contributed by atoms with Crippen molar-refractivity contribution in [2.24, 2.45) is 0 Å². The summed E-state index contributed by atoms with van der Waals surface area (Å²) in [6.07, 6.45) is -1.95.